The van der Waals surface area contributed by atoms with Gasteiger partial charge in [-0.2, -0.15) is 5.10 Å². The molecular formula is C21H24Cl2FN5O3. The molecular weight excluding hydrogens is 460 g/mol. The second-order valence-corrected chi connectivity index (χ2v) is 6.87. The summed E-state index contributed by atoms with van der Waals surface area (Å²) in [7, 11) is 1.70. The number of aliphatic carboxylic acids is 1. The molecule has 0 aliphatic heterocycles. The summed E-state index contributed by atoms with van der Waals surface area (Å²) in [6.45, 7) is 1.50. The monoisotopic (exact) mass is 483 g/mol. The molecule has 0 unspecified atom stereocenters. The fraction of sp³-hybridized carbons (Fsp3) is 0.238. The number of anilines is 1. The maximum atomic E-state index is 13.1. The average molecular weight is 484 g/mol. The summed E-state index contributed by atoms with van der Waals surface area (Å²) in [4.78, 5) is 28.0. The highest BCUT2D eigenvalue weighted by Crippen LogP contribution is 2.21. The number of aryl methyl sites for hydroxylation is 2. The van der Waals surface area contributed by atoms with E-state index in [0.29, 0.717) is 17.1 Å². The molecule has 3 N–H and O–H groups in total. The van der Waals surface area contributed by atoms with Crippen molar-refractivity contribution >= 4 is 42.5 Å². The number of nitrogens with zero attached hydrogens (tertiary/aromatic N) is 3. The molecule has 1 atom stereocenters. The summed E-state index contributed by atoms with van der Waals surface area (Å²) in [6.07, 6.45) is 1.89. The van der Waals surface area contributed by atoms with Crippen molar-refractivity contribution in [2.24, 2.45) is 7.05 Å². The molecule has 0 aliphatic carbocycles. The fourth-order valence-electron chi connectivity index (χ4n) is 2.97. The molecule has 8 nitrogen and oxygen atoms in total. The molecule has 1 amide bonds. The lowest BCUT2D eigenvalue weighted by Crippen LogP contribution is -2.44. The molecule has 3 aromatic rings. The van der Waals surface area contributed by atoms with Crippen molar-refractivity contribution in [3.05, 3.63) is 65.7 Å². The van der Waals surface area contributed by atoms with Gasteiger partial charge in [0.15, 0.2) is 0 Å². The number of carbonyl (C=O) groups is 2. The highest BCUT2D eigenvalue weighted by Gasteiger charge is 2.21. The number of hydrogen-bond acceptors (Lipinski definition) is 5. The summed E-state index contributed by atoms with van der Waals surface area (Å²) in [5, 5.41) is 18.9. The van der Waals surface area contributed by atoms with E-state index in [1.54, 1.807) is 31.4 Å². The molecule has 0 spiro atoms. The van der Waals surface area contributed by atoms with E-state index >= 15 is 0 Å². The van der Waals surface area contributed by atoms with E-state index in [1.165, 1.54) is 16.8 Å². The van der Waals surface area contributed by atoms with Gasteiger partial charge in [-0.05, 0) is 43.2 Å². The zero-order valence-electron chi connectivity index (χ0n) is 17.4. The Kier molecular flexibility index (Phi) is 10.2. The average Bonchev–Trinajstić information content (AvgIpc) is 3.07. The third-order valence-electron chi connectivity index (χ3n) is 4.49. The van der Waals surface area contributed by atoms with E-state index in [2.05, 4.69) is 20.7 Å². The van der Waals surface area contributed by atoms with Gasteiger partial charge >= 0.3 is 5.97 Å². The van der Waals surface area contributed by atoms with Gasteiger partial charge in [-0.15, -0.1) is 24.8 Å². The van der Waals surface area contributed by atoms with Gasteiger partial charge in [-0.3, -0.25) is 24.6 Å². The quantitative estimate of drug-likeness (QED) is 0.454. The molecule has 11 heteroatoms. The second-order valence-electron chi connectivity index (χ2n) is 6.87. The summed E-state index contributed by atoms with van der Waals surface area (Å²) in [5.41, 5.74) is 3.09. The minimum Gasteiger partial charge on any atom is -0.480 e. The molecule has 0 saturated heterocycles. The van der Waals surface area contributed by atoms with E-state index in [-0.39, 0.29) is 43.6 Å². The lowest BCUT2D eigenvalue weighted by atomic mass is 10.1. The number of amides is 1. The largest absolute Gasteiger partial charge is 0.480 e. The predicted molar refractivity (Wildman–Crippen MR) is 124 cm³/mol. The number of nitrogens with one attached hydrogen (secondary N) is 2. The van der Waals surface area contributed by atoms with Crippen LogP contribution in [0.5, 0.6) is 0 Å². The first-order valence-corrected chi connectivity index (χ1v) is 9.29. The summed E-state index contributed by atoms with van der Waals surface area (Å²) >= 11 is 0. The van der Waals surface area contributed by atoms with Gasteiger partial charge in [0.2, 0.25) is 5.91 Å². The Hall–Kier alpha value is -3.01. The van der Waals surface area contributed by atoms with Crippen LogP contribution >= 0.6 is 24.8 Å². The third kappa shape index (κ3) is 7.30. The first-order chi connectivity index (χ1) is 14.3. The van der Waals surface area contributed by atoms with Crippen molar-refractivity contribution in [1.29, 1.82) is 0 Å². The van der Waals surface area contributed by atoms with Crippen molar-refractivity contribution in [3.8, 4) is 11.3 Å². The van der Waals surface area contributed by atoms with Gasteiger partial charge in [0, 0.05) is 30.6 Å². The maximum absolute atomic E-state index is 13.1. The van der Waals surface area contributed by atoms with E-state index in [0.717, 1.165) is 11.3 Å². The molecule has 0 saturated carbocycles. The van der Waals surface area contributed by atoms with Crippen LogP contribution < -0.4 is 10.6 Å². The maximum Gasteiger partial charge on any atom is 0.317 e. The molecule has 0 fully saturated rings. The van der Waals surface area contributed by atoms with Crippen LogP contribution in [0.15, 0.2) is 48.7 Å². The van der Waals surface area contributed by atoms with Gasteiger partial charge in [-0.1, -0.05) is 12.1 Å². The zero-order chi connectivity index (χ0) is 21.7. The Bertz CT molecular complexity index is 1060. The number of carbonyl (C=O) groups excluding carboxylic acids is 1. The smallest absolute Gasteiger partial charge is 0.317 e. The van der Waals surface area contributed by atoms with Crippen LogP contribution in [0.25, 0.3) is 11.3 Å². The molecule has 2 aromatic heterocycles. The van der Waals surface area contributed by atoms with Gasteiger partial charge in [0.25, 0.3) is 0 Å². The second kappa shape index (κ2) is 12.1. The van der Waals surface area contributed by atoms with Crippen molar-refractivity contribution in [3.63, 3.8) is 0 Å². The van der Waals surface area contributed by atoms with E-state index in [1.807, 2.05) is 19.1 Å². The predicted octanol–water partition coefficient (Wildman–Crippen LogP) is 3.00. The van der Waals surface area contributed by atoms with Gasteiger partial charge in [0.1, 0.15) is 11.6 Å². The lowest BCUT2D eigenvalue weighted by molar-refractivity contribution is -0.136. The minimum absolute atomic E-state index is 0. The number of carboxylic acids is 1. The number of halogens is 3. The third-order valence-corrected chi connectivity index (χ3v) is 4.49. The van der Waals surface area contributed by atoms with Crippen LogP contribution in [0.4, 0.5) is 10.2 Å². The number of benzene rings is 1. The summed E-state index contributed by atoms with van der Waals surface area (Å²) in [5.74, 6) is -1.42. The van der Waals surface area contributed by atoms with Crippen LogP contribution in [-0.4, -0.2) is 44.3 Å². The number of aromatic nitrogens is 3. The first-order valence-electron chi connectivity index (χ1n) is 9.29. The Labute approximate surface area is 197 Å². The van der Waals surface area contributed by atoms with Crippen LogP contribution in [0.2, 0.25) is 0 Å². The van der Waals surface area contributed by atoms with Gasteiger partial charge in [0.05, 0.1) is 18.3 Å². The molecule has 0 bridgehead atoms. The topological polar surface area (TPSA) is 109 Å². The molecule has 0 aliphatic rings. The SMILES string of the molecule is Cc1cc(-c2cc(NC(=O)[C@H](Cc3ccc(F)cc3)NCC(=O)O)n(C)n2)ccn1.Cl.Cl. The van der Waals surface area contributed by atoms with Crippen LogP contribution in [0, 0.1) is 12.7 Å². The molecule has 0 radical (unpaired) electrons. The number of hydrogen-bond donors (Lipinski definition) is 3. The lowest BCUT2D eigenvalue weighted by Gasteiger charge is -2.17. The number of carboxylic acid groups (broad SMARTS) is 1. The molecule has 32 heavy (non-hydrogen) atoms. The molecule has 3 rings (SSSR count). The molecule has 2 heterocycles. The molecule has 172 valence electrons. The van der Waals surface area contributed by atoms with Gasteiger partial charge < -0.3 is 10.4 Å². The van der Waals surface area contributed by atoms with E-state index in [9.17, 15) is 14.0 Å². The van der Waals surface area contributed by atoms with Crippen LogP contribution in [0.1, 0.15) is 11.3 Å². The Morgan fingerprint density at radius 2 is 1.84 bits per heavy atom. The van der Waals surface area contributed by atoms with Crippen molar-refractivity contribution in [1.82, 2.24) is 20.1 Å². The zero-order valence-corrected chi connectivity index (χ0v) is 19.0. The van der Waals surface area contributed by atoms with Crippen LogP contribution in [-0.2, 0) is 23.1 Å². The summed E-state index contributed by atoms with van der Waals surface area (Å²) in [6, 6.07) is 10.3. The van der Waals surface area contributed by atoms with Crippen molar-refractivity contribution in [2.75, 3.05) is 11.9 Å². The fourth-order valence-corrected chi connectivity index (χ4v) is 2.97. The van der Waals surface area contributed by atoms with Crippen molar-refractivity contribution in [2.45, 2.75) is 19.4 Å². The normalized spacial score (nSPS) is 11.1. The van der Waals surface area contributed by atoms with E-state index in [4.69, 9.17) is 5.11 Å². The highest BCUT2D eigenvalue weighted by molar-refractivity contribution is 5.95. The van der Waals surface area contributed by atoms with E-state index < -0.39 is 17.9 Å². The Morgan fingerprint density at radius 1 is 1.16 bits per heavy atom. The van der Waals surface area contributed by atoms with Gasteiger partial charge in [-0.25, -0.2) is 4.39 Å². The summed E-state index contributed by atoms with van der Waals surface area (Å²) < 4.78 is 14.7. The first kappa shape index (κ1) is 27.0. The Balaban J connectivity index is 0.00000256. The van der Waals surface area contributed by atoms with Crippen molar-refractivity contribution < 1.29 is 19.1 Å². The number of pyridine rings is 1. The Morgan fingerprint density at radius 3 is 2.47 bits per heavy atom. The standard InChI is InChI=1S/C21H22FN5O3.2ClH/c1-13-9-15(7-8-23-13)17-11-19(27(2)26-17)25-21(30)18(24-12-20(28)29)10-14-3-5-16(22)6-4-14;;/h3-9,11,18,24H,10,12H2,1-2H3,(H,25,30)(H,28,29);2*1H/t18-;;/m0../s1. The van der Waals surface area contributed by atoms with Crippen LogP contribution in [0.3, 0.4) is 0 Å². The highest BCUT2D eigenvalue weighted by atomic mass is 35.5. The molecule has 1 aromatic carbocycles. The minimum atomic E-state index is -1.08. The number of rotatable bonds is 8.